The summed E-state index contributed by atoms with van der Waals surface area (Å²) in [6, 6.07) is 5.16. The maximum Gasteiger partial charge on any atom is 0.244 e. The predicted molar refractivity (Wildman–Crippen MR) is 82.4 cm³/mol. The van der Waals surface area contributed by atoms with Crippen molar-refractivity contribution in [1.29, 1.82) is 0 Å². The molecule has 0 aromatic heterocycles. The first kappa shape index (κ1) is 15.4. The lowest BCUT2D eigenvalue weighted by molar-refractivity contribution is 0.404. The van der Waals surface area contributed by atoms with Gasteiger partial charge in [0, 0.05) is 21.5 Å². The SMILES string of the molecule is CC1CC(CN)CN1S(=O)(=O)c1cc(Br)ccc1Br. The highest BCUT2D eigenvalue weighted by Crippen LogP contribution is 2.33. The number of nitrogens with two attached hydrogens (primary N) is 1. The summed E-state index contributed by atoms with van der Waals surface area (Å²) in [5, 5.41) is 0. The number of hydrogen-bond acceptors (Lipinski definition) is 3. The van der Waals surface area contributed by atoms with E-state index in [1.807, 2.05) is 6.92 Å². The Morgan fingerprint density at radius 2 is 2.11 bits per heavy atom. The molecule has 2 atom stereocenters. The van der Waals surface area contributed by atoms with E-state index >= 15 is 0 Å². The highest BCUT2D eigenvalue weighted by Gasteiger charge is 2.38. The van der Waals surface area contributed by atoms with Gasteiger partial charge in [-0.3, -0.25) is 0 Å². The van der Waals surface area contributed by atoms with E-state index < -0.39 is 10.0 Å². The molecular weight excluding hydrogens is 396 g/mol. The summed E-state index contributed by atoms with van der Waals surface area (Å²) in [4.78, 5) is 0.298. The van der Waals surface area contributed by atoms with Gasteiger partial charge in [0.25, 0.3) is 0 Å². The molecule has 2 rings (SSSR count). The van der Waals surface area contributed by atoms with Crippen LogP contribution in [0.15, 0.2) is 32.0 Å². The molecule has 0 spiro atoms. The molecule has 106 valence electrons. The molecule has 19 heavy (non-hydrogen) atoms. The first-order valence-electron chi connectivity index (χ1n) is 6.03. The fourth-order valence-corrected chi connectivity index (χ4v) is 5.60. The van der Waals surface area contributed by atoms with E-state index in [2.05, 4.69) is 31.9 Å². The molecule has 0 saturated carbocycles. The third-order valence-electron chi connectivity index (χ3n) is 3.42. The predicted octanol–water partition coefficient (Wildman–Crippen LogP) is 2.57. The zero-order valence-electron chi connectivity index (χ0n) is 10.5. The van der Waals surface area contributed by atoms with Crippen molar-refractivity contribution in [3.05, 3.63) is 27.1 Å². The minimum atomic E-state index is -3.48. The molecule has 0 amide bonds. The zero-order chi connectivity index (χ0) is 14.2. The Hall–Kier alpha value is 0.0500. The summed E-state index contributed by atoms with van der Waals surface area (Å²) in [5.41, 5.74) is 5.66. The van der Waals surface area contributed by atoms with Crippen LogP contribution in [0.4, 0.5) is 0 Å². The summed E-state index contributed by atoms with van der Waals surface area (Å²) in [6.07, 6.45) is 0.821. The molecule has 4 nitrogen and oxygen atoms in total. The van der Waals surface area contributed by atoms with Crippen LogP contribution in [0.2, 0.25) is 0 Å². The number of nitrogens with zero attached hydrogens (tertiary/aromatic N) is 1. The summed E-state index contributed by atoms with van der Waals surface area (Å²) < 4.78 is 28.3. The van der Waals surface area contributed by atoms with E-state index in [0.717, 1.165) is 10.9 Å². The molecule has 2 unspecified atom stereocenters. The van der Waals surface area contributed by atoms with Gasteiger partial charge in [0.15, 0.2) is 0 Å². The fraction of sp³-hybridized carbons (Fsp3) is 0.500. The van der Waals surface area contributed by atoms with Gasteiger partial charge in [-0.15, -0.1) is 0 Å². The molecule has 1 heterocycles. The third-order valence-corrected chi connectivity index (χ3v) is 6.88. The lowest BCUT2D eigenvalue weighted by Crippen LogP contribution is -2.34. The molecular formula is C12H16Br2N2O2S. The van der Waals surface area contributed by atoms with E-state index in [9.17, 15) is 8.42 Å². The molecule has 1 aromatic carbocycles. The van der Waals surface area contributed by atoms with Gasteiger partial charge in [-0.25, -0.2) is 8.42 Å². The van der Waals surface area contributed by atoms with Gasteiger partial charge >= 0.3 is 0 Å². The number of rotatable bonds is 3. The minimum Gasteiger partial charge on any atom is -0.330 e. The molecule has 0 bridgehead atoms. The van der Waals surface area contributed by atoms with Gasteiger partial charge in [0.05, 0.1) is 4.90 Å². The van der Waals surface area contributed by atoms with Crippen molar-refractivity contribution >= 4 is 41.9 Å². The van der Waals surface area contributed by atoms with Crippen LogP contribution in [-0.2, 0) is 10.0 Å². The standard InChI is InChI=1S/C12H16Br2N2O2S/c1-8-4-9(6-15)7-16(8)19(17,18)12-5-10(13)2-3-11(12)14/h2-3,5,8-9H,4,6-7,15H2,1H3. The fourth-order valence-electron chi connectivity index (χ4n) is 2.42. The van der Waals surface area contributed by atoms with Gasteiger partial charge in [0.2, 0.25) is 10.0 Å². The van der Waals surface area contributed by atoms with Crippen LogP contribution >= 0.6 is 31.9 Å². The smallest absolute Gasteiger partial charge is 0.244 e. The Balaban J connectivity index is 2.40. The maximum atomic E-state index is 12.7. The Morgan fingerprint density at radius 3 is 2.68 bits per heavy atom. The number of benzene rings is 1. The second kappa shape index (κ2) is 5.81. The largest absolute Gasteiger partial charge is 0.330 e. The topological polar surface area (TPSA) is 63.4 Å². The van der Waals surface area contributed by atoms with Crippen molar-refractivity contribution in [2.75, 3.05) is 13.1 Å². The third kappa shape index (κ3) is 3.05. The molecule has 7 heteroatoms. The van der Waals surface area contributed by atoms with E-state index in [4.69, 9.17) is 5.73 Å². The average molecular weight is 412 g/mol. The van der Waals surface area contributed by atoms with Crippen molar-refractivity contribution in [3.8, 4) is 0 Å². The van der Waals surface area contributed by atoms with Crippen LogP contribution in [0.3, 0.4) is 0 Å². The van der Waals surface area contributed by atoms with Gasteiger partial charge in [-0.05, 0) is 59.9 Å². The summed E-state index contributed by atoms with van der Waals surface area (Å²) in [6.45, 7) is 2.95. The van der Waals surface area contributed by atoms with Crippen LogP contribution < -0.4 is 5.73 Å². The molecule has 2 N–H and O–H groups in total. The van der Waals surface area contributed by atoms with E-state index in [-0.39, 0.29) is 12.0 Å². The lowest BCUT2D eigenvalue weighted by atomic mass is 10.1. The normalized spacial score (nSPS) is 24.8. The monoisotopic (exact) mass is 410 g/mol. The van der Waals surface area contributed by atoms with Crippen LogP contribution in [0.25, 0.3) is 0 Å². The van der Waals surface area contributed by atoms with Gasteiger partial charge in [-0.1, -0.05) is 15.9 Å². The van der Waals surface area contributed by atoms with Crippen LogP contribution in [-0.4, -0.2) is 31.9 Å². The highest BCUT2D eigenvalue weighted by molar-refractivity contribution is 9.11. The van der Waals surface area contributed by atoms with Crippen molar-refractivity contribution < 1.29 is 8.42 Å². The second-order valence-corrected chi connectivity index (χ2v) is 8.46. The molecule has 1 aliphatic heterocycles. The van der Waals surface area contributed by atoms with Crippen molar-refractivity contribution in [2.45, 2.75) is 24.3 Å². The molecule has 0 radical (unpaired) electrons. The van der Waals surface area contributed by atoms with Crippen LogP contribution in [0.1, 0.15) is 13.3 Å². The summed E-state index contributed by atoms with van der Waals surface area (Å²) in [5.74, 6) is 0.246. The molecule has 1 aliphatic rings. The molecule has 0 aliphatic carbocycles. The number of hydrogen-bond donors (Lipinski definition) is 1. The summed E-state index contributed by atoms with van der Waals surface area (Å²) >= 11 is 6.63. The number of halogens is 2. The Kier molecular flexibility index (Phi) is 4.72. The lowest BCUT2D eigenvalue weighted by Gasteiger charge is -2.21. The van der Waals surface area contributed by atoms with E-state index in [1.165, 1.54) is 0 Å². The average Bonchev–Trinajstić information content (AvgIpc) is 2.74. The van der Waals surface area contributed by atoms with E-state index in [0.29, 0.717) is 22.5 Å². The Morgan fingerprint density at radius 1 is 1.42 bits per heavy atom. The Labute approximate surface area is 130 Å². The second-order valence-electron chi connectivity index (χ2n) is 4.84. The van der Waals surface area contributed by atoms with Crippen molar-refractivity contribution in [3.63, 3.8) is 0 Å². The minimum absolute atomic E-state index is 0.00979. The first-order chi connectivity index (χ1) is 8.86. The zero-order valence-corrected chi connectivity index (χ0v) is 14.5. The molecule has 1 aromatic rings. The highest BCUT2D eigenvalue weighted by atomic mass is 79.9. The molecule has 1 fully saturated rings. The van der Waals surface area contributed by atoms with E-state index in [1.54, 1.807) is 22.5 Å². The first-order valence-corrected chi connectivity index (χ1v) is 9.06. The number of sulfonamides is 1. The molecule has 1 saturated heterocycles. The quantitative estimate of drug-likeness (QED) is 0.831. The summed E-state index contributed by atoms with van der Waals surface area (Å²) in [7, 11) is -3.48. The van der Waals surface area contributed by atoms with Crippen molar-refractivity contribution in [2.24, 2.45) is 11.7 Å². The van der Waals surface area contributed by atoms with Crippen molar-refractivity contribution in [1.82, 2.24) is 4.31 Å². The van der Waals surface area contributed by atoms with Crippen LogP contribution in [0.5, 0.6) is 0 Å². The van der Waals surface area contributed by atoms with Gasteiger partial charge < -0.3 is 5.73 Å². The Bertz CT molecular complexity index is 577. The maximum absolute atomic E-state index is 12.7. The van der Waals surface area contributed by atoms with Gasteiger partial charge in [0.1, 0.15) is 0 Å². The van der Waals surface area contributed by atoms with Crippen LogP contribution in [0, 0.1) is 5.92 Å². The van der Waals surface area contributed by atoms with Gasteiger partial charge in [-0.2, -0.15) is 4.31 Å².